The number of rotatable bonds is 4. The van der Waals surface area contributed by atoms with E-state index in [2.05, 4.69) is 28.8 Å². The summed E-state index contributed by atoms with van der Waals surface area (Å²) in [7, 11) is 0. The van der Waals surface area contributed by atoms with E-state index in [0.717, 1.165) is 42.6 Å². The molecule has 4 aliphatic rings. The third-order valence-corrected chi connectivity index (χ3v) is 10.9. The maximum absolute atomic E-state index is 13.8. The highest BCUT2D eigenvalue weighted by Crippen LogP contribution is 2.66. The summed E-state index contributed by atoms with van der Waals surface area (Å²) < 4.78 is 1.96. The first-order valence-electron chi connectivity index (χ1n) is 12.8. The molecule has 7 heteroatoms. The zero-order chi connectivity index (χ0) is 23.7. The van der Waals surface area contributed by atoms with Gasteiger partial charge in [-0.15, -0.1) is 11.8 Å². The quantitative estimate of drug-likeness (QED) is 0.440. The van der Waals surface area contributed by atoms with Gasteiger partial charge in [-0.25, -0.2) is 15.0 Å². The van der Waals surface area contributed by atoms with E-state index in [1.807, 2.05) is 16.9 Å². The number of Topliss-reactive ketones (excluding diaryl/α,β-unsaturated/α-hetero) is 1. The Kier molecular flexibility index (Phi) is 5.28. The smallest absolute Gasteiger partial charge is 0.181 e. The van der Waals surface area contributed by atoms with E-state index in [0.29, 0.717) is 47.9 Å². The van der Waals surface area contributed by atoms with Crippen LogP contribution in [0.5, 0.6) is 0 Å². The van der Waals surface area contributed by atoms with Gasteiger partial charge in [0, 0.05) is 12.3 Å². The average Bonchev–Trinajstić information content (AvgIpc) is 3.40. The van der Waals surface area contributed by atoms with Crippen LogP contribution in [0.3, 0.4) is 0 Å². The number of aromatic nitrogens is 4. The second-order valence-corrected chi connectivity index (χ2v) is 12.3. The van der Waals surface area contributed by atoms with Crippen LogP contribution >= 0.6 is 11.8 Å². The number of ketones is 2. The van der Waals surface area contributed by atoms with Crippen LogP contribution in [0.25, 0.3) is 11.2 Å². The van der Waals surface area contributed by atoms with E-state index in [9.17, 15) is 9.59 Å². The first-order valence-corrected chi connectivity index (χ1v) is 14.0. The van der Waals surface area contributed by atoms with Crippen molar-refractivity contribution >= 4 is 34.5 Å². The molecule has 34 heavy (non-hydrogen) atoms. The van der Waals surface area contributed by atoms with Crippen LogP contribution in [0.15, 0.2) is 29.3 Å². The summed E-state index contributed by atoms with van der Waals surface area (Å²) >= 11 is 1.57. The molecule has 2 heterocycles. The van der Waals surface area contributed by atoms with Gasteiger partial charge in [0.1, 0.15) is 16.9 Å². The van der Waals surface area contributed by atoms with Crippen molar-refractivity contribution in [3.8, 4) is 0 Å². The monoisotopic (exact) mass is 478 g/mol. The van der Waals surface area contributed by atoms with Crippen molar-refractivity contribution in [2.75, 3.05) is 6.26 Å². The van der Waals surface area contributed by atoms with Crippen LogP contribution in [0.4, 0.5) is 0 Å². The lowest BCUT2D eigenvalue weighted by molar-refractivity contribution is -0.131. The van der Waals surface area contributed by atoms with Crippen molar-refractivity contribution in [3.05, 3.63) is 24.3 Å². The Labute approximate surface area is 205 Å². The third kappa shape index (κ3) is 3.18. The topological polar surface area (TPSA) is 77.7 Å². The lowest BCUT2D eigenvalue weighted by Crippen LogP contribution is -2.51. The molecule has 0 aromatic carbocycles. The summed E-state index contributed by atoms with van der Waals surface area (Å²) in [4.78, 5) is 39.0. The Bertz CT molecular complexity index is 1200. The van der Waals surface area contributed by atoms with Gasteiger partial charge >= 0.3 is 0 Å². The minimum atomic E-state index is 0.0789. The maximum atomic E-state index is 13.8. The summed E-state index contributed by atoms with van der Waals surface area (Å²) in [5.74, 6) is 2.71. The van der Waals surface area contributed by atoms with Crippen molar-refractivity contribution in [2.24, 2.45) is 34.5 Å². The van der Waals surface area contributed by atoms with Gasteiger partial charge in [-0.3, -0.25) is 9.59 Å². The van der Waals surface area contributed by atoms with Crippen LogP contribution in [-0.4, -0.2) is 37.3 Å². The molecular formula is C27H34N4O2S. The van der Waals surface area contributed by atoms with E-state index >= 15 is 0 Å². The summed E-state index contributed by atoms with van der Waals surface area (Å²) in [5.41, 5.74) is 3.21. The molecule has 180 valence electrons. The molecule has 6 nitrogen and oxygen atoms in total. The van der Waals surface area contributed by atoms with Gasteiger partial charge in [-0.05, 0) is 85.9 Å². The van der Waals surface area contributed by atoms with Crippen LogP contribution in [0, 0.1) is 34.5 Å². The molecule has 0 radical (unpaired) electrons. The van der Waals surface area contributed by atoms with E-state index in [4.69, 9.17) is 0 Å². The molecule has 3 unspecified atom stereocenters. The Balaban J connectivity index is 1.25. The molecule has 0 aliphatic heterocycles. The second kappa shape index (κ2) is 8.00. The molecule has 0 saturated heterocycles. The zero-order valence-corrected chi connectivity index (χ0v) is 21.2. The van der Waals surface area contributed by atoms with Crippen molar-refractivity contribution in [1.29, 1.82) is 0 Å². The lowest BCUT2D eigenvalue weighted by Gasteiger charge is -2.58. The number of nitrogens with zero attached hydrogens (tertiary/aromatic N) is 4. The predicted octanol–water partition coefficient (Wildman–Crippen LogP) is 5.27. The molecule has 0 spiro atoms. The van der Waals surface area contributed by atoms with Crippen LogP contribution < -0.4 is 0 Å². The Hall–Kier alpha value is -2.02. The number of hydrogen-bond acceptors (Lipinski definition) is 6. The van der Waals surface area contributed by atoms with E-state index < -0.39 is 0 Å². The van der Waals surface area contributed by atoms with Gasteiger partial charge in [0.2, 0.25) is 0 Å². The first kappa shape index (κ1) is 22.4. The molecule has 3 fully saturated rings. The average molecular weight is 479 g/mol. The fourth-order valence-corrected chi connectivity index (χ4v) is 9.07. The minimum absolute atomic E-state index is 0.0789. The molecule has 2 aromatic heterocycles. The molecule has 6 rings (SSSR count). The highest BCUT2D eigenvalue weighted by Gasteiger charge is 2.60. The first-order chi connectivity index (χ1) is 16.3. The maximum Gasteiger partial charge on any atom is 0.181 e. The SMILES string of the molecule is CSc1ncnc2ncn(CC(=O)[C@H]3CCC4C5CCC6=CC(=O)CC[C@@]6(C)C5CC[C@]43C)c12. The largest absolute Gasteiger partial charge is 0.319 e. The van der Waals surface area contributed by atoms with Gasteiger partial charge in [0.25, 0.3) is 0 Å². The number of thioether (sulfide) groups is 1. The number of hydrogen-bond donors (Lipinski definition) is 0. The molecule has 4 aliphatic carbocycles. The molecule has 3 saturated carbocycles. The van der Waals surface area contributed by atoms with Crippen LogP contribution in [-0.2, 0) is 16.1 Å². The second-order valence-electron chi connectivity index (χ2n) is 11.5. The number of allylic oxidation sites excluding steroid dienone is 1. The Morgan fingerprint density at radius 2 is 1.94 bits per heavy atom. The van der Waals surface area contributed by atoms with Crippen molar-refractivity contribution in [1.82, 2.24) is 19.5 Å². The van der Waals surface area contributed by atoms with E-state index in [-0.39, 0.29) is 16.7 Å². The van der Waals surface area contributed by atoms with Gasteiger partial charge in [-0.2, -0.15) is 0 Å². The standard InChI is InChI=1S/C27H34N4O2S/c1-26-10-8-17(32)12-16(26)4-5-18-19-6-7-21(27(19,2)11-9-20(18)26)22(33)13-31-15-30-24-23(31)25(34-3)29-14-28-24/h12,14-15,18-21H,4-11,13H2,1-3H3/t18?,19?,20?,21-,26-,27-/m1/s1. The van der Waals surface area contributed by atoms with E-state index in [1.54, 1.807) is 24.4 Å². The van der Waals surface area contributed by atoms with Gasteiger partial charge in [-0.1, -0.05) is 19.4 Å². The number of carbonyl (C=O) groups is 2. The molecule has 0 N–H and O–H groups in total. The molecular weight excluding hydrogens is 444 g/mol. The third-order valence-electron chi connectivity index (χ3n) is 10.2. The van der Waals surface area contributed by atoms with Gasteiger partial charge in [0.05, 0.1) is 12.9 Å². The zero-order valence-electron chi connectivity index (χ0n) is 20.4. The minimum Gasteiger partial charge on any atom is -0.319 e. The van der Waals surface area contributed by atoms with Crippen molar-refractivity contribution in [3.63, 3.8) is 0 Å². The number of fused-ring (bicyclic) bond motifs is 6. The summed E-state index contributed by atoms with van der Waals surface area (Å²) in [6.07, 6.45) is 15.7. The molecule has 6 atom stereocenters. The highest BCUT2D eigenvalue weighted by atomic mass is 32.2. The fraction of sp³-hybridized carbons (Fsp3) is 0.667. The normalized spacial score (nSPS) is 37.1. The lowest BCUT2D eigenvalue weighted by atomic mass is 9.46. The Morgan fingerprint density at radius 1 is 1.09 bits per heavy atom. The fourth-order valence-electron chi connectivity index (χ4n) is 8.52. The van der Waals surface area contributed by atoms with Crippen LogP contribution in [0.1, 0.15) is 65.2 Å². The Morgan fingerprint density at radius 3 is 2.76 bits per heavy atom. The van der Waals surface area contributed by atoms with E-state index in [1.165, 1.54) is 18.4 Å². The predicted molar refractivity (Wildman–Crippen MR) is 132 cm³/mol. The van der Waals surface area contributed by atoms with Gasteiger partial charge < -0.3 is 4.57 Å². The summed E-state index contributed by atoms with van der Waals surface area (Å²) in [6.45, 7) is 5.19. The summed E-state index contributed by atoms with van der Waals surface area (Å²) in [6, 6.07) is 0. The molecule has 0 amide bonds. The summed E-state index contributed by atoms with van der Waals surface area (Å²) in [5, 5.41) is 0.872. The number of imidazole rings is 1. The molecule has 2 aromatic rings. The van der Waals surface area contributed by atoms with Gasteiger partial charge in [0.15, 0.2) is 17.2 Å². The van der Waals surface area contributed by atoms with Crippen LogP contribution in [0.2, 0.25) is 0 Å². The van der Waals surface area contributed by atoms with Crippen molar-refractivity contribution in [2.45, 2.75) is 76.8 Å². The number of carbonyl (C=O) groups excluding carboxylic acids is 2. The van der Waals surface area contributed by atoms with Crippen molar-refractivity contribution < 1.29 is 9.59 Å². The highest BCUT2D eigenvalue weighted by molar-refractivity contribution is 7.98. The molecule has 0 bridgehead atoms.